The minimum atomic E-state index is -2.81. The van der Waals surface area contributed by atoms with E-state index in [1.54, 1.807) is 18.2 Å². The molecule has 1 aliphatic heterocycles. The number of carbonyl (C=O) groups is 1. The van der Waals surface area contributed by atoms with Gasteiger partial charge >= 0.3 is 5.97 Å². The third kappa shape index (κ3) is 3.76. The summed E-state index contributed by atoms with van der Waals surface area (Å²) in [7, 11) is 2.97. The van der Waals surface area contributed by atoms with Crippen LogP contribution in [0.2, 0.25) is 0 Å². The van der Waals surface area contributed by atoms with Crippen LogP contribution in [0.3, 0.4) is 0 Å². The van der Waals surface area contributed by atoms with E-state index in [-0.39, 0.29) is 11.6 Å². The number of nitrogens with zero attached hydrogens (tertiary/aromatic N) is 3. The zero-order valence-corrected chi connectivity index (χ0v) is 14.9. The topological polar surface area (TPSA) is 84.8 Å². The van der Waals surface area contributed by atoms with E-state index in [4.69, 9.17) is 9.47 Å². The van der Waals surface area contributed by atoms with Gasteiger partial charge in [0.05, 0.1) is 19.9 Å². The number of methoxy groups -OCH3 is 2. The fourth-order valence-corrected chi connectivity index (χ4v) is 3.10. The number of hydrogen-bond acceptors (Lipinski definition) is 6. The number of benzene rings is 1. The molecule has 0 aliphatic carbocycles. The second-order valence-electron chi connectivity index (χ2n) is 6.04. The van der Waals surface area contributed by atoms with Crippen LogP contribution in [-0.2, 0) is 4.79 Å². The number of aliphatic carboxylic acids is 1. The summed E-state index contributed by atoms with van der Waals surface area (Å²) < 4.78 is 37.2. The molecule has 27 heavy (non-hydrogen) atoms. The van der Waals surface area contributed by atoms with Crippen molar-refractivity contribution in [3.8, 4) is 22.8 Å². The molecule has 1 aromatic heterocycles. The molecule has 1 N–H and O–H groups in total. The molecule has 1 saturated heterocycles. The van der Waals surface area contributed by atoms with Gasteiger partial charge in [-0.25, -0.2) is 23.5 Å². The van der Waals surface area contributed by atoms with Gasteiger partial charge in [0.25, 0.3) is 6.43 Å². The van der Waals surface area contributed by atoms with Gasteiger partial charge in [-0.1, -0.05) is 0 Å². The van der Waals surface area contributed by atoms with Gasteiger partial charge in [0.1, 0.15) is 11.7 Å². The molecule has 9 heteroatoms. The average Bonchev–Trinajstić information content (AvgIpc) is 3.17. The normalized spacial score (nSPS) is 16.6. The Labute approximate surface area is 154 Å². The highest BCUT2D eigenvalue weighted by Gasteiger charge is 2.33. The third-order valence-corrected chi connectivity index (χ3v) is 4.43. The molecule has 3 rings (SSSR count). The van der Waals surface area contributed by atoms with Crippen LogP contribution in [0.4, 0.5) is 14.7 Å². The van der Waals surface area contributed by atoms with E-state index in [1.807, 2.05) is 0 Å². The van der Waals surface area contributed by atoms with E-state index < -0.39 is 24.1 Å². The molecule has 144 valence electrons. The number of carboxylic acid groups (broad SMARTS) is 1. The van der Waals surface area contributed by atoms with Crippen molar-refractivity contribution in [3.63, 3.8) is 0 Å². The summed E-state index contributed by atoms with van der Waals surface area (Å²) in [6.45, 7) is 0.398. The summed E-state index contributed by atoms with van der Waals surface area (Å²) in [6, 6.07) is 5.31. The summed E-state index contributed by atoms with van der Waals surface area (Å²) in [4.78, 5) is 21.1. The van der Waals surface area contributed by atoms with Crippen molar-refractivity contribution in [1.29, 1.82) is 0 Å². The molecule has 7 nitrogen and oxygen atoms in total. The Kier molecular flexibility index (Phi) is 5.38. The van der Waals surface area contributed by atoms with Gasteiger partial charge in [0.15, 0.2) is 11.5 Å². The first-order valence-corrected chi connectivity index (χ1v) is 8.33. The van der Waals surface area contributed by atoms with Crippen LogP contribution < -0.4 is 14.4 Å². The van der Waals surface area contributed by atoms with Gasteiger partial charge in [-0.15, -0.1) is 0 Å². The second kappa shape index (κ2) is 7.73. The quantitative estimate of drug-likeness (QED) is 0.825. The second-order valence-corrected chi connectivity index (χ2v) is 6.04. The van der Waals surface area contributed by atoms with Crippen LogP contribution in [-0.4, -0.2) is 47.8 Å². The number of rotatable bonds is 6. The number of anilines is 1. The van der Waals surface area contributed by atoms with Gasteiger partial charge in [0, 0.05) is 12.1 Å². The minimum Gasteiger partial charge on any atom is -0.493 e. The molecule has 0 radical (unpaired) electrons. The molecule has 0 spiro atoms. The molecular formula is C18H19F2N3O4. The standard InChI is InChI=1S/C18H19F2N3O4/c1-26-14-6-5-10(8-15(14)27-2)11-9-12(16(19)20)22-18(21-11)23-7-3-4-13(23)17(24)25/h5-6,8-9,13,16H,3-4,7H2,1-2H3,(H,24,25). The van der Waals surface area contributed by atoms with Crippen molar-refractivity contribution in [1.82, 2.24) is 9.97 Å². The van der Waals surface area contributed by atoms with E-state index in [9.17, 15) is 18.7 Å². The molecule has 1 aliphatic rings. The van der Waals surface area contributed by atoms with Crippen LogP contribution in [0.15, 0.2) is 24.3 Å². The Morgan fingerprint density at radius 2 is 1.96 bits per heavy atom. The van der Waals surface area contributed by atoms with Gasteiger partial charge < -0.3 is 19.5 Å². The van der Waals surface area contributed by atoms with Crippen molar-refractivity contribution in [2.45, 2.75) is 25.3 Å². The first-order valence-electron chi connectivity index (χ1n) is 8.33. The summed E-state index contributed by atoms with van der Waals surface area (Å²) in [5.41, 5.74) is 0.331. The fourth-order valence-electron chi connectivity index (χ4n) is 3.10. The van der Waals surface area contributed by atoms with Crippen LogP contribution in [0, 0.1) is 0 Å². The van der Waals surface area contributed by atoms with E-state index in [2.05, 4.69) is 9.97 Å². The Balaban J connectivity index is 2.08. The fraction of sp³-hybridized carbons (Fsp3) is 0.389. The van der Waals surface area contributed by atoms with Crippen molar-refractivity contribution in [2.75, 3.05) is 25.7 Å². The lowest BCUT2D eigenvalue weighted by atomic mass is 10.1. The number of alkyl halides is 2. The molecule has 1 aromatic carbocycles. The Bertz CT molecular complexity index is 847. The van der Waals surface area contributed by atoms with E-state index in [0.29, 0.717) is 36.4 Å². The van der Waals surface area contributed by atoms with Gasteiger partial charge in [-0.05, 0) is 37.1 Å². The maximum absolute atomic E-state index is 13.4. The number of ether oxygens (including phenoxy) is 2. The predicted octanol–water partition coefficient (Wildman–Crippen LogP) is 3.15. The maximum atomic E-state index is 13.4. The summed E-state index contributed by atoms with van der Waals surface area (Å²) in [6.07, 6.45) is -1.76. The lowest BCUT2D eigenvalue weighted by molar-refractivity contribution is -0.138. The molecule has 0 saturated carbocycles. The van der Waals surface area contributed by atoms with Crippen molar-refractivity contribution < 1.29 is 28.2 Å². The third-order valence-electron chi connectivity index (χ3n) is 4.43. The molecule has 2 aromatic rings. The van der Waals surface area contributed by atoms with Crippen LogP contribution in [0.25, 0.3) is 11.3 Å². The molecule has 1 unspecified atom stereocenters. The number of hydrogen-bond donors (Lipinski definition) is 1. The Hall–Kier alpha value is -2.97. The van der Waals surface area contributed by atoms with Gasteiger partial charge in [-0.2, -0.15) is 0 Å². The highest BCUT2D eigenvalue weighted by molar-refractivity contribution is 5.78. The maximum Gasteiger partial charge on any atom is 0.326 e. The Morgan fingerprint density at radius 3 is 2.59 bits per heavy atom. The molecule has 1 fully saturated rings. The van der Waals surface area contributed by atoms with Gasteiger partial charge in [0.2, 0.25) is 5.95 Å². The zero-order chi connectivity index (χ0) is 19.6. The molecular weight excluding hydrogens is 360 g/mol. The number of aromatic nitrogens is 2. The summed E-state index contributed by atoms with van der Waals surface area (Å²) >= 11 is 0. The average molecular weight is 379 g/mol. The highest BCUT2D eigenvalue weighted by Crippen LogP contribution is 2.34. The number of halogens is 2. The van der Waals surface area contributed by atoms with E-state index >= 15 is 0 Å². The highest BCUT2D eigenvalue weighted by atomic mass is 19.3. The smallest absolute Gasteiger partial charge is 0.326 e. The molecule has 0 amide bonds. The van der Waals surface area contributed by atoms with Crippen LogP contribution in [0.5, 0.6) is 11.5 Å². The largest absolute Gasteiger partial charge is 0.493 e. The molecule has 2 heterocycles. The first kappa shape index (κ1) is 18.8. The Morgan fingerprint density at radius 1 is 1.22 bits per heavy atom. The zero-order valence-electron chi connectivity index (χ0n) is 14.9. The lowest BCUT2D eigenvalue weighted by Gasteiger charge is -2.22. The van der Waals surface area contributed by atoms with E-state index in [1.165, 1.54) is 25.2 Å². The minimum absolute atomic E-state index is 0.0116. The van der Waals surface area contributed by atoms with Crippen molar-refractivity contribution in [2.24, 2.45) is 0 Å². The van der Waals surface area contributed by atoms with E-state index in [0.717, 1.165) is 0 Å². The molecule has 0 bridgehead atoms. The lowest BCUT2D eigenvalue weighted by Crippen LogP contribution is -2.37. The number of carboxylic acids is 1. The van der Waals surface area contributed by atoms with Crippen molar-refractivity contribution in [3.05, 3.63) is 30.0 Å². The van der Waals surface area contributed by atoms with Crippen molar-refractivity contribution >= 4 is 11.9 Å². The summed E-state index contributed by atoms with van der Waals surface area (Å²) in [5.74, 6) is -0.109. The summed E-state index contributed by atoms with van der Waals surface area (Å²) in [5, 5.41) is 9.36. The SMILES string of the molecule is COc1ccc(-c2cc(C(F)F)nc(N3CCCC3C(=O)O)n2)cc1OC. The molecule has 1 atom stereocenters. The first-order chi connectivity index (χ1) is 12.9. The van der Waals surface area contributed by atoms with Crippen LogP contribution in [0.1, 0.15) is 25.0 Å². The van der Waals surface area contributed by atoms with Crippen LogP contribution >= 0.6 is 0 Å². The predicted molar refractivity (Wildman–Crippen MR) is 93.5 cm³/mol. The monoisotopic (exact) mass is 379 g/mol. The van der Waals surface area contributed by atoms with Gasteiger partial charge in [-0.3, -0.25) is 0 Å².